The molecule has 3 aromatic rings. The highest BCUT2D eigenvalue weighted by molar-refractivity contribution is 6.32. The molecule has 0 fully saturated rings. The van der Waals surface area contributed by atoms with Gasteiger partial charge in [-0.05, 0) is 48.0 Å². The van der Waals surface area contributed by atoms with E-state index in [9.17, 15) is 14.9 Å². The summed E-state index contributed by atoms with van der Waals surface area (Å²) in [5.41, 5.74) is 1.72. The number of rotatable bonds is 5. The third kappa shape index (κ3) is 3.81. The molecule has 3 rings (SSSR count). The van der Waals surface area contributed by atoms with E-state index >= 15 is 0 Å². The number of nitrogens with zero attached hydrogens (tertiary/aromatic N) is 3. The first-order chi connectivity index (χ1) is 12.0. The number of benzene rings is 2. The van der Waals surface area contributed by atoms with Crippen LogP contribution in [0.15, 0.2) is 67.3 Å². The summed E-state index contributed by atoms with van der Waals surface area (Å²) < 4.78 is 1.83. The lowest BCUT2D eigenvalue weighted by Gasteiger charge is -2.03. The van der Waals surface area contributed by atoms with Crippen molar-refractivity contribution in [1.29, 1.82) is 0 Å². The molecule has 0 atom stereocenters. The van der Waals surface area contributed by atoms with Gasteiger partial charge < -0.3 is 4.57 Å². The van der Waals surface area contributed by atoms with Crippen LogP contribution < -0.4 is 0 Å². The van der Waals surface area contributed by atoms with Crippen LogP contribution in [0.5, 0.6) is 0 Å². The third-order valence-corrected chi connectivity index (χ3v) is 3.90. The molecule has 1 heterocycles. The lowest BCUT2D eigenvalue weighted by Crippen LogP contribution is -1.96. The summed E-state index contributed by atoms with van der Waals surface area (Å²) in [5.74, 6) is -0.222. The lowest BCUT2D eigenvalue weighted by molar-refractivity contribution is -0.384. The summed E-state index contributed by atoms with van der Waals surface area (Å²) in [4.78, 5) is 26.5. The van der Waals surface area contributed by atoms with Crippen molar-refractivity contribution in [3.05, 3.63) is 93.5 Å². The minimum atomic E-state index is -0.510. The van der Waals surface area contributed by atoms with Crippen molar-refractivity contribution in [1.82, 2.24) is 9.55 Å². The SMILES string of the molecule is O=C(/C=C/c1cc([N+](=O)[O-])ccc1Cl)c1ccc(-n2ccnc2)cc1. The van der Waals surface area contributed by atoms with E-state index in [1.165, 1.54) is 30.4 Å². The van der Waals surface area contributed by atoms with Crippen LogP contribution in [0.1, 0.15) is 15.9 Å². The second-order valence-corrected chi connectivity index (χ2v) is 5.58. The molecule has 0 radical (unpaired) electrons. The van der Waals surface area contributed by atoms with Gasteiger partial charge in [0.05, 0.1) is 11.3 Å². The smallest absolute Gasteiger partial charge is 0.270 e. The van der Waals surface area contributed by atoms with Crippen molar-refractivity contribution in [2.45, 2.75) is 0 Å². The highest BCUT2D eigenvalue weighted by Crippen LogP contribution is 2.23. The Morgan fingerprint density at radius 1 is 1.20 bits per heavy atom. The molecule has 2 aromatic carbocycles. The normalized spacial score (nSPS) is 10.9. The minimum absolute atomic E-state index is 0.0822. The summed E-state index contributed by atoms with van der Waals surface area (Å²) >= 11 is 6.01. The summed E-state index contributed by atoms with van der Waals surface area (Å²) in [6, 6.07) is 11.1. The number of nitro benzene ring substituents is 1. The van der Waals surface area contributed by atoms with Crippen molar-refractivity contribution in [3.8, 4) is 5.69 Å². The van der Waals surface area contributed by atoms with E-state index in [1.807, 2.05) is 16.7 Å². The van der Waals surface area contributed by atoms with Gasteiger partial charge in [-0.25, -0.2) is 4.98 Å². The predicted molar refractivity (Wildman–Crippen MR) is 95.0 cm³/mol. The van der Waals surface area contributed by atoms with Crippen LogP contribution in [0, 0.1) is 10.1 Å². The average Bonchev–Trinajstić information content (AvgIpc) is 3.15. The number of halogens is 1. The Balaban J connectivity index is 1.79. The molecule has 124 valence electrons. The zero-order valence-corrected chi connectivity index (χ0v) is 13.6. The number of hydrogen-bond donors (Lipinski definition) is 0. The molecule has 1 aromatic heterocycles. The number of imidazole rings is 1. The molecule has 6 nitrogen and oxygen atoms in total. The number of ketones is 1. The van der Waals surface area contributed by atoms with Gasteiger partial charge in [0.2, 0.25) is 0 Å². The molecular weight excluding hydrogens is 342 g/mol. The second kappa shape index (κ2) is 7.11. The zero-order chi connectivity index (χ0) is 17.8. The minimum Gasteiger partial charge on any atom is -0.306 e. The first-order valence-corrected chi connectivity index (χ1v) is 7.67. The Morgan fingerprint density at radius 3 is 2.60 bits per heavy atom. The summed E-state index contributed by atoms with van der Waals surface area (Å²) in [5, 5.41) is 11.2. The molecule has 0 bridgehead atoms. The first kappa shape index (κ1) is 16.6. The number of allylic oxidation sites excluding steroid dienone is 1. The average molecular weight is 354 g/mol. The molecule has 0 aliphatic rings. The summed E-state index contributed by atoms with van der Waals surface area (Å²) in [6.07, 6.45) is 7.96. The molecule has 0 unspecified atom stereocenters. The van der Waals surface area contributed by atoms with Gasteiger partial charge in [-0.2, -0.15) is 0 Å². The summed E-state index contributed by atoms with van der Waals surface area (Å²) in [6.45, 7) is 0. The first-order valence-electron chi connectivity index (χ1n) is 7.29. The van der Waals surface area contributed by atoms with E-state index in [0.717, 1.165) is 5.69 Å². The maximum Gasteiger partial charge on any atom is 0.270 e. The molecule has 0 amide bonds. The van der Waals surface area contributed by atoms with Gasteiger partial charge in [0.1, 0.15) is 0 Å². The van der Waals surface area contributed by atoms with Crippen molar-refractivity contribution in [2.24, 2.45) is 0 Å². The van der Waals surface area contributed by atoms with Gasteiger partial charge >= 0.3 is 0 Å². The Hall–Kier alpha value is -3.25. The molecule has 25 heavy (non-hydrogen) atoms. The fourth-order valence-electron chi connectivity index (χ4n) is 2.24. The highest BCUT2D eigenvalue weighted by atomic mass is 35.5. The number of hydrogen-bond acceptors (Lipinski definition) is 4. The molecule has 0 N–H and O–H groups in total. The monoisotopic (exact) mass is 353 g/mol. The van der Waals surface area contributed by atoms with Crippen molar-refractivity contribution < 1.29 is 9.72 Å². The van der Waals surface area contributed by atoms with Crippen LogP contribution in [0.3, 0.4) is 0 Å². The van der Waals surface area contributed by atoms with E-state index < -0.39 is 4.92 Å². The fraction of sp³-hybridized carbons (Fsp3) is 0. The van der Waals surface area contributed by atoms with Crippen LogP contribution in [0.2, 0.25) is 5.02 Å². The largest absolute Gasteiger partial charge is 0.306 e. The van der Waals surface area contributed by atoms with Crippen LogP contribution in [-0.4, -0.2) is 20.3 Å². The van der Waals surface area contributed by atoms with Gasteiger partial charge in [0.25, 0.3) is 5.69 Å². The van der Waals surface area contributed by atoms with Gasteiger partial charge in [-0.1, -0.05) is 11.6 Å². The van der Waals surface area contributed by atoms with E-state index in [-0.39, 0.29) is 11.5 Å². The quantitative estimate of drug-likeness (QED) is 0.296. The van der Waals surface area contributed by atoms with E-state index in [1.54, 1.807) is 30.9 Å². The molecule has 7 heteroatoms. The maximum atomic E-state index is 12.3. The van der Waals surface area contributed by atoms with Crippen LogP contribution in [0.25, 0.3) is 11.8 Å². The maximum absolute atomic E-state index is 12.3. The van der Waals surface area contributed by atoms with Crippen molar-refractivity contribution in [3.63, 3.8) is 0 Å². The number of nitro groups is 1. The standard InChI is InChI=1S/C18H12ClN3O3/c19-17-7-6-16(22(24)25)11-14(17)3-8-18(23)13-1-4-15(5-2-13)21-10-9-20-12-21/h1-12H/b8-3+. The number of non-ortho nitro benzene ring substituents is 1. The van der Waals surface area contributed by atoms with E-state index in [0.29, 0.717) is 16.1 Å². The second-order valence-electron chi connectivity index (χ2n) is 5.18. The van der Waals surface area contributed by atoms with Crippen LogP contribution in [0.4, 0.5) is 5.69 Å². The van der Waals surface area contributed by atoms with E-state index in [2.05, 4.69) is 4.98 Å². The zero-order valence-electron chi connectivity index (χ0n) is 12.9. The van der Waals surface area contributed by atoms with Crippen LogP contribution in [-0.2, 0) is 0 Å². The van der Waals surface area contributed by atoms with E-state index in [4.69, 9.17) is 11.6 Å². The molecule has 0 spiro atoms. The molecular formula is C18H12ClN3O3. The van der Waals surface area contributed by atoms with Gasteiger partial charge in [0, 0.05) is 40.8 Å². The van der Waals surface area contributed by atoms with Gasteiger partial charge in [-0.15, -0.1) is 0 Å². The topological polar surface area (TPSA) is 78.0 Å². The van der Waals surface area contributed by atoms with Gasteiger partial charge in [0.15, 0.2) is 5.78 Å². The number of aromatic nitrogens is 2. The molecule has 0 aliphatic carbocycles. The van der Waals surface area contributed by atoms with Crippen LogP contribution >= 0.6 is 11.6 Å². The Bertz CT molecular complexity index is 948. The highest BCUT2D eigenvalue weighted by Gasteiger charge is 2.09. The fourth-order valence-corrected chi connectivity index (χ4v) is 2.42. The van der Waals surface area contributed by atoms with Crippen molar-refractivity contribution >= 4 is 29.1 Å². The molecule has 0 saturated heterocycles. The molecule has 0 saturated carbocycles. The van der Waals surface area contributed by atoms with Gasteiger partial charge in [-0.3, -0.25) is 14.9 Å². The summed E-state index contributed by atoms with van der Waals surface area (Å²) in [7, 11) is 0. The lowest BCUT2D eigenvalue weighted by atomic mass is 10.1. The number of carbonyl (C=O) groups excluding carboxylic acids is 1. The Kier molecular flexibility index (Phi) is 4.72. The number of carbonyl (C=O) groups is 1. The van der Waals surface area contributed by atoms with Crippen molar-refractivity contribution in [2.75, 3.05) is 0 Å². The Morgan fingerprint density at radius 2 is 1.96 bits per heavy atom. The third-order valence-electron chi connectivity index (χ3n) is 3.56. The Labute approximate surface area is 148 Å². The predicted octanol–water partition coefficient (Wildman–Crippen LogP) is 4.33. The molecule has 0 aliphatic heterocycles.